The third-order valence-corrected chi connectivity index (χ3v) is 2.44. The van der Waals surface area contributed by atoms with E-state index in [9.17, 15) is 0 Å². The van der Waals surface area contributed by atoms with Gasteiger partial charge in [0.05, 0.1) is 18.1 Å². The highest BCUT2D eigenvalue weighted by Gasteiger charge is 2.01. The first-order valence-corrected chi connectivity index (χ1v) is 5.69. The molecule has 3 N–H and O–H groups in total. The summed E-state index contributed by atoms with van der Waals surface area (Å²) in [6.07, 6.45) is 3.47. The monoisotopic (exact) mass is 248 g/mol. The number of anilines is 1. The van der Waals surface area contributed by atoms with Crippen LogP contribution in [0.4, 0.5) is 5.69 Å². The van der Waals surface area contributed by atoms with Crippen LogP contribution in [-0.2, 0) is 0 Å². The average Bonchev–Trinajstić information content (AvgIpc) is 2.37. The van der Waals surface area contributed by atoms with Crippen LogP contribution in [0, 0.1) is 0 Å². The van der Waals surface area contributed by atoms with Gasteiger partial charge >= 0.3 is 0 Å². The van der Waals surface area contributed by atoms with Crippen molar-refractivity contribution in [1.82, 2.24) is 9.97 Å². The number of nitrogens with one attached hydrogen (secondary N) is 1. The van der Waals surface area contributed by atoms with E-state index < -0.39 is 0 Å². The highest BCUT2D eigenvalue weighted by atomic mass is 35.5. The molecule has 0 amide bonds. The molecule has 0 aliphatic carbocycles. The molecule has 5 heteroatoms. The standard InChI is InChI=1S/C12H13ClN4/c13-10-3-1-2-9(6-10)12-16-7-11(8-17-12)15-5-4-14/h1-3,6-8,15H,4-5,14H2. The lowest BCUT2D eigenvalue weighted by molar-refractivity contribution is 1.02. The van der Waals surface area contributed by atoms with Crippen molar-refractivity contribution in [3.05, 3.63) is 41.7 Å². The van der Waals surface area contributed by atoms with Gasteiger partial charge in [-0.25, -0.2) is 9.97 Å². The van der Waals surface area contributed by atoms with Gasteiger partial charge in [-0.05, 0) is 12.1 Å². The topological polar surface area (TPSA) is 63.8 Å². The van der Waals surface area contributed by atoms with Gasteiger partial charge in [0.1, 0.15) is 0 Å². The number of rotatable bonds is 4. The van der Waals surface area contributed by atoms with Crippen LogP contribution in [0.2, 0.25) is 5.02 Å². The molecule has 1 aromatic heterocycles. The van der Waals surface area contributed by atoms with E-state index in [1.807, 2.05) is 24.3 Å². The van der Waals surface area contributed by atoms with Crippen LogP contribution in [0.1, 0.15) is 0 Å². The van der Waals surface area contributed by atoms with Gasteiger partial charge in [-0.1, -0.05) is 23.7 Å². The molecule has 0 saturated heterocycles. The third kappa shape index (κ3) is 3.15. The van der Waals surface area contributed by atoms with E-state index >= 15 is 0 Å². The number of hydrogen-bond donors (Lipinski definition) is 2. The second-order valence-electron chi connectivity index (χ2n) is 3.52. The van der Waals surface area contributed by atoms with Crippen molar-refractivity contribution >= 4 is 17.3 Å². The molecule has 0 fully saturated rings. The summed E-state index contributed by atoms with van der Waals surface area (Å²) >= 11 is 5.91. The molecular formula is C12H13ClN4. The van der Waals surface area contributed by atoms with Crippen molar-refractivity contribution in [3.63, 3.8) is 0 Å². The Balaban J connectivity index is 2.17. The van der Waals surface area contributed by atoms with Crippen molar-refractivity contribution in [3.8, 4) is 11.4 Å². The normalized spacial score (nSPS) is 10.2. The van der Waals surface area contributed by atoms with E-state index in [1.165, 1.54) is 0 Å². The third-order valence-electron chi connectivity index (χ3n) is 2.21. The number of hydrogen-bond acceptors (Lipinski definition) is 4. The molecule has 2 aromatic rings. The maximum Gasteiger partial charge on any atom is 0.159 e. The summed E-state index contributed by atoms with van der Waals surface area (Å²) in [4.78, 5) is 8.54. The maximum absolute atomic E-state index is 5.91. The Morgan fingerprint density at radius 3 is 2.65 bits per heavy atom. The number of nitrogens with zero attached hydrogens (tertiary/aromatic N) is 2. The highest BCUT2D eigenvalue weighted by molar-refractivity contribution is 6.30. The van der Waals surface area contributed by atoms with Crippen molar-refractivity contribution < 1.29 is 0 Å². The molecular weight excluding hydrogens is 236 g/mol. The van der Waals surface area contributed by atoms with Gasteiger partial charge in [-0.2, -0.15) is 0 Å². The molecule has 4 nitrogen and oxygen atoms in total. The lowest BCUT2D eigenvalue weighted by atomic mass is 10.2. The van der Waals surface area contributed by atoms with Crippen LogP contribution in [-0.4, -0.2) is 23.1 Å². The predicted molar refractivity (Wildman–Crippen MR) is 70.0 cm³/mol. The van der Waals surface area contributed by atoms with E-state index in [0.717, 1.165) is 11.3 Å². The van der Waals surface area contributed by atoms with Crippen LogP contribution in [0.3, 0.4) is 0 Å². The fourth-order valence-corrected chi connectivity index (χ4v) is 1.60. The molecule has 1 heterocycles. The fraction of sp³-hybridized carbons (Fsp3) is 0.167. The lowest BCUT2D eigenvalue weighted by Crippen LogP contribution is -2.13. The SMILES string of the molecule is NCCNc1cnc(-c2cccc(Cl)c2)nc1. The fourth-order valence-electron chi connectivity index (χ4n) is 1.41. The molecule has 0 atom stereocenters. The summed E-state index contributed by atoms with van der Waals surface area (Å²) in [5.41, 5.74) is 7.16. The molecule has 0 saturated carbocycles. The minimum absolute atomic E-state index is 0.579. The van der Waals surface area contributed by atoms with Crippen LogP contribution in [0.5, 0.6) is 0 Å². The smallest absolute Gasteiger partial charge is 0.159 e. The summed E-state index contributed by atoms with van der Waals surface area (Å²) in [5, 5.41) is 3.79. The largest absolute Gasteiger partial charge is 0.381 e. The van der Waals surface area contributed by atoms with Crippen LogP contribution >= 0.6 is 11.6 Å². The number of benzene rings is 1. The Labute approximate surface area is 105 Å². The number of aromatic nitrogens is 2. The molecule has 88 valence electrons. The Morgan fingerprint density at radius 2 is 2.00 bits per heavy atom. The predicted octanol–water partition coefficient (Wildman–Crippen LogP) is 2.17. The summed E-state index contributed by atoms with van der Waals surface area (Å²) < 4.78 is 0. The van der Waals surface area contributed by atoms with Gasteiger partial charge in [-0.3, -0.25) is 0 Å². The quantitative estimate of drug-likeness (QED) is 0.871. The van der Waals surface area contributed by atoms with Gasteiger partial charge in [0.2, 0.25) is 0 Å². The van der Waals surface area contributed by atoms with E-state index in [0.29, 0.717) is 23.9 Å². The first-order chi connectivity index (χ1) is 8.29. The van der Waals surface area contributed by atoms with Gasteiger partial charge in [0.25, 0.3) is 0 Å². The number of halogens is 1. The first-order valence-electron chi connectivity index (χ1n) is 5.31. The summed E-state index contributed by atoms with van der Waals surface area (Å²) in [5.74, 6) is 0.658. The molecule has 0 radical (unpaired) electrons. The van der Waals surface area contributed by atoms with Crippen molar-refractivity contribution in [2.45, 2.75) is 0 Å². The molecule has 17 heavy (non-hydrogen) atoms. The van der Waals surface area contributed by atoms with Crippen molar-refractivity contribution in [2.24, 2.45) is 5.73 Å². The second kappa shape index (κ2) is 5.61. The zero-order chi connectivity index (χ0) is 12.1. The van der Waals surface area contributed by atoms with Crippen LogP contribution in [0.25, 0.3) is 11.4 Å². The van der Waals surface area contributed by atoms with E-state index in [4.69, 9.17) is 17.3 Å². The number of nitrogens with two attached hydrogens (primary N) is 1. The molecule has 0 bridgehead atoms. The van der Waals surface area contributed by atoms with E-state index in [1.54, 1.807) is 12.4 Å². The zero-order valence-electron chi connectivity index (χ0n) is 9.23. The van der Waals surface area contributed by atoms with Crippen molar-refractivity contribution in [2.75, 3.05) is 18.4 Å². The minimum Gasteiger partial charge on any atom is -0.381 e. The molecule has 0 aliphatic rings. The summed E-state index contributed by atoms with van der Waals surface area (Å²) in [7, 11) is 0. The van der Waals surface area contributed by atoms with Gasteiger partial charge in [-0.15, -0.1) is 0 Å². The van der Waals surface area contributed by atoms with Crippen molar-refractivity contribution in [1.29, 1.82) is 0 Å². The molecule has 1 aromatic carbocycles. The lowest BCUT2D eigenvalue weighted by Gasteiger charge is -2.04. The Bertz CT molecular complexity index is 484. The van der Waals surface area contributed by atoms with Gasteiger partial charge in [0.15, 0.2) is 5.82 Å². The Hall–Kier alpha value is -1.65. The van der Waals surface area contributed by atoms with Crippen LogP contribution < -0.4 is 11.1 Å². The summed E-state index contributed by atoms with van der Waals surface area (Å²) in [6.45, 7) is 1.29. The Morgan fingerprint density at radius 1 is 1.24 bits per heavy atom. The second-order valence-corrected chi connectivity index (χ2v) is 3.96. The molecule has 0 spiro atoms. The Kier molecular flexibility index (Phi) is 3.90. The van der Waals surface area contributed by atoms with Crippen LogP contribution in [0.15, 0.2) is 36.7 Å². The molecule has 0 aliphatic heterocycles. The summed E-state index contributed by atoms with van der Waals surface area (Å²) in [6, 6.07) is 7.46. The molecule has 0 unspecified atom stereocenters. The van der Waals surface area contributed by atoms with E-state index in [2.05, 4.69) is 15.3 Å². The van der Waals surface area contributed by atoms with Gasteiger partial charge in [0, 0.05) is 23.7 Å². The first kappa shape index (κ1) is 11.8. The highest BCUT2D eigenvalue weighted by Crippen LogP contribution is 2.19. The molecule has 2 rings (SSSR count). The minimum atomic E-state index is 0.579. The van der Waals surface area contributed by atoms with E-state index in [-0.39, 0.29) is 0 Å². The average molecular weight is 249 g/mol. The zero-order valence-corrected chi connectivity index (χ0v) is 9.98. The maximum atomic E-state index is 5.91. The van der Waals surface area contributed by atoms with Gasteiger partial charge < -0.3 is 11.1 Å².